The van der Waals surface area contributed by atoms with Crippen LogP contribution in [0.2, 0.25) is 5.02 Å². The van der Waals surface area contributed by atoms with Crippen molar-refractivity contribution < 1.29 is 14.6 Å². The fourth-order valence-corrected chi connectivity index (χ4v) is 2.98. The van der Waals surface area contributed by atoms with Crippen LogP contribution in [0.4, 0.5) is 0 Å². The second-order valence-electron chi connectivity index (χ2n) is 4.79. The molecule has 1 aliphatic carbocycles. The Morgan fingerprint density at radius 1 is 1.33 bits per heavy atom. The van der Waals surface area contributed by atoms with Gasteiger partial charge in [-0.1, -0.05) is 36.9 Å². The summed E-state index contributed by atoms with van der Waals surface area (Å²) < 4.78 is 5.31. The average Bonchev–Trinajstić information content (AvgIpc) is 2.39. The van der Waals surface area contributed by atoms with Crippen LogP contribution in [0.25, 0.3) is 0 Å². The van der Waals surface area contributed by atoms with Gasteiger partial charge in [-0.3, -0.25) is 4.79 Å². The maximum absolute atomic E-state index is 11.7. The van der Waals surface area contributed by atoms with E-state index in [0.29, 0.717) is 23.6 Å². The molecule has 1 saturated carbocycles. The van der Waals surface area contributed by atoms with Crippen molar-refractivity contribution in [1.82, 2.24) is 0 Å². The van der Waals surface area contributed by atoms with Gasteiger partial charge in [-0.05, 0) is 25.0 Å². The third kappa shape index (κ3) is 2.19. The van der Waals surface area contributed by atoms with Crippen molar-refractivity contribution in [2.24, 2.45) is 0 Å². The maximum Gasteiger partial charge on any atom is 0.314 e. The van der Waals surface area contributed by atoms with Gasteiger partial charge in [0.05, 0.1) is 12.5 Å². The number of carboxylic acid groups (broad SMARTS) is 1. The molecule has 98 valence electrons. The van der Waals surface area contributed by atoms with E-state index in [0.717, 1.165) is 24.8 Å². The van der Waals surface area contributed by atoms with E-state index in [1.165, 1.54) is 0 Å². The van der Waals surface area contributed by atoms with Gasteiger partial charge in [0, 0.05) is 10.6 Å². The molecule has 3 nitrogen and oxygen atoms in total. The molecule has 0 heterocycles. The molecule has 0 aliphatic heterocycles. The molecule has 1 N–H and O–H groups in total. The highest BCUT2D eigenvalue weighted by atomic mass is 35.5. The summed E-state index contributed by atoms with van der Waals surface area (Å²) in [6.45, 7) is 0. The largest absolute Gasteiger partial charge is 0.496 e. The first-order valence-electron chi connectivity index (χ1n) is 6.17. The van der Waals surface area contributed by atoms with Crippen molar-refractivity contribution in [1.29, 1.82) is 0 Å². The molecule has 1 aliphatic rings. The van der Waals surface area contributed by atoms with Crippen molar-refractivity contribution in [2.45, 2.75) is 37.5 Å². The van der Waals surface area contributed by atoms with E-state index in [1.807, 2.05) is 0 Å². The molecule has 0 unspecified atom stereocenters. The van der Waals surface area contributed by atoms with Crippen molar-refractivity contribution in [3.8, 4) is 5.75 Å². The number of benzene rings is 1. The average molecular weight is 269 g/mol. The third-order valence-electron chi connectivity index (χ3n) is 3.80. The van der Waals surface area contributed by atoms with Gasteiger partial charge in [-0.2, -0.15) is 0 Å². The zero-order chi connectivity index (χ0) is 13.2. The van der Waals surface area contributed by atoms with Gasteiger partial charge < -0.3 is 9.84 Å². The zero-order valence-electron chi connectivity index (χ0n) is 10.4. The first-order valence-corrected chi connectivity index (χ1v) is 6.55. The number of hydrogen-bond donors (Lipinski definition) is 1. The first-order chi connectivity index (χ1) is 8.60. The molecule has 18 heavy (non-hydrogen) atoms. The highest BCUT2D eigenvalue weighted by molar-refractivity contribution is 6.30. The fraction of sp³-hybridized carbons (Fsp3) is 0.500. The van der Waals surface area contributed by atoms with Crippen molar-refractivity contribution >= 4 is 17.6 Å². The van der Waals surface area contributed by atoms with Crippen LogP contribution in [0, 0.1) is 0 Å². The Morgan fingerprint density at radius 2 is 2.00 bits per heavy atom. The summed E-state index contributed by atoms with van der Waals surface area (Å²) in [6.07, 6.45) is 4.32. The number of carboxylic acids is 1. The molecule has 0 radical (unpaired) electrons. The molecule has 0 atom stereocenters. The van der Waals surface area contributed by atoms with Crippen LogP contribution in [0.3, 0.4) is 0 Å². The molecule has 1 fully saturated rings. The molecular weight excluding hydrogens is 252 g/mol. The molecule has 2 rings (SSSR count). The lowest BCUT2D eigenvalue weighted by atomic mass is 9.69. The summed E-state index contributed by atoms with van der Waals surface area (Å²) in [7, 11) is 1.55. The molecule has 1 aromatic rings. The van der Waals surface area contributed by atoms with Crippen LogP contribution in [0.15, 0.2) is 18.2 Å². The van der Waals surface area contributed by atoms with Gasteiger partial charge in [0.1, 0.15) is 5.75 Å². The summed E-state index contributed by atoms with van der Waals surface area (Å²) in [6, 6.07) is 5.22. The fourth-order valence-electron chi connectivity index (χ4n) is 2.81. The van der Waals surface area contributed by atoms with E-state index in [2.05, 4.69) is 0 Å². The lowest BCUT2D eigenvalue weighted by Gasteiger charge is -2.34. The number of methoxy groups -OCH3 is 1. The van der Waals surface area contributed by atoms with Gasteiger partial charge in [0.25, 0.3) is 0 Å². The third-order valence-corrected chi connectivity index (χ3v) is 4.03. The zero-order valence-corrected chi connectivity index (χ0v) is 11.2. The Labute approximate surface area is 112 Å². The van der Waals surface area contributed by atoms with Crippen molar-refractivity contribution in [3.63, 3.8) is 0 Å². The predicted octanol–water partition coefficient (Wildman–Crippen LogP) is 3.64. The normalized spacial score (nSPS) is 18.3. The number of aliphatic carboxylic acids is 1. The van der Waals surface area contributed by atoms with E-state index in [-0.39, 0.29) is 0 Å². The van der Waals surface area contributed by atoms with Crippen molar-refractivity contribution in [3.05, 3.63) is 28.8 Å². The maximum atomic E-state index is 11.7. The van der Waals surface area contributed by atoms with Gasteiger partial charge >= 0.3 is 5.97 Å². The van der Waals surface area contributed by atoms with Crippen molar-refractivity contribution in [2.75, 3.05) is 7.11 Å². The summed E-state index contributed by atoms with van der Waals surface area (Å²) in [5.41, 5.74) is -0.0598. The number of ether oxygens (including phenoxy) is 1. The van der Waals surface area contributed by atoms with E-state index >= 15 is 0 Å². The van der Waals surface area contributed by atoms with Crippen LogP contribution in [0.1, 0.15) is 37.7 Å². The standard InChI is InChI=1S/C14H17ClO3/c1-18-12-9-10(15)5-6-11(12)14(13(16)17)7-3-2-4-8-14/h5-6,9H,2-4,7-8H2,1H3,(H,16,17). The Bertz CT molecular complexity index is 450. The molecular formula is C14H17ClO3. The second kappa shape index (κ2) is 5.19. The van der Waals surface area contributed by atoms with Gasteiger partial charge in [-0.25, -0.2) is 0 Å². The minimum atomic E-state index is -0.811. The Morgan fingerprint density at radius 3 is 2.56 bits per heavy atom. The Kier molecular flexibility index (Phi) is 3.81. The molecule has 0 saturated heterocycles. The molecule has 0 bridgehead atoms. The Balaban J connectivity index is 2.51. The summed E-state index contributed by atoms with van der Waals surface area (Å²) in [4.78, 5) is 11.7. The monoisotopic (exact) mass is 268 g/mol. The summed E-state index contributed by atoms with van der Waals surface area (Å²) in [5, 5.41) is 10.2. The molecule has 0 spiro atoms. The van der Waals surface area contributed by atoms with Crippen LogP contribution >= 0.6 is 11.6 Å². The predicted molar refractivity (Wildman–Crippen MR) is 70.4 cm³/mol. The number of carbonyl (C=O) groups is 1. The van der Waals surface area contributed by atoms with Gasteiger partial charge in [0.15, 0.2) is 0 Å². The molecule has 0 amide bonds. The van der Waals surface area contributed by atoms with Gasteiger partial charge in [0.2, 0.25) is 0 Å². The number of hydrogen-bond acceptors (Lipinski definition) is 2. The van der Waals surface area contributed by atoms with Crippen LogP contribution in [-0.4, -0.2) is 18.2 Å². The Hall–Kier alpha value is -1.22. The van der Waals surface area contributed by atoms with Crippen LogP contribution in [0.5, 0.6) is 5.75 Å². The smallest absolute Gasteiger partial charge is 0.314 e. The highest BCUT2D eigenvalue weighted by Crippen LogP contribution is 2.44. The lowest BCUT2D eigenvalue weighted by molar-refractivity contribution is -0.145. The summed E-state index contributed by atoms with van der Waals surface area (Å²) in [5.74, 6) is -0.186. The topological polar surface area (TPSA) is 46.5 Å². The van der Waals surface area contributed by atoms with E-state index < -0.39 is 11.4 Å². The first kappa shape index (κ1) is 13.2. The lowest BCUT2D eigenvalue weighted by Crippen LogP contribution is -2.38. The number of rotatable bonds is 3. The molecule has 0 aromatic heterocycles. The summed E-state index contributed by atoms with van der Waals surface area (Å²) >= 11 is 5.93. The highest BCUT2D eigenvalue weighted by Gasteiger charge is 2.43. The molecule has 4 heteroatoms. The number of halogens is 1. The van der Waals surface area contributed by atoms with E-state index in [9.17, 15) is 9.90 Å². The second-order valence-corrected chi connectivity index (χ2v) is 5.23. The van der Waals surface area contributed by atoms with Crippen LogP contribution in [-0.2, 0) is 10.2 Å². The minimum absolute atomic E-state index is 0.562. The van der Waals surface area contributed by atoms with E-state index in [1.54, 1.807) is 25.3 Å². The minimum Gasteiger partial charge on any atom is -0.496 e. The van der Waals surface area contributed by atoms with Gasteiger partial charge in [-0.15, -0.1) is 0 Å². The van der Waals surface area contributed by atoms with Crippen LogP contribution < -0.4 is 4.74 Å². The SMILES string of the molecule is COc1cc(Cl)ccc1C1(C(=O)O)CCCCC1. The van der Waals surface area contributed by atoms with E-state index in [4.69, 9.17) is 16.3 Å². The quantitative estimate of drug-likeness (QED) is 0.910. The molecule has 1 aromatic carbocycles.